The maximum atomic E-state index is 12.7. The molecule has 8 nitrogen and oxygen atoms in total. The van der Waals surface area contributed by atoms with Gasteiger partial charge in [0.2, 0.25) is 5.91 Å². The van der Waals surface area contributed by atoms with Crippen molar-refractivity contribution in [2.45, 2.75) is 30.6 Å². The minimum Gasteiger partial charge on any atom is -0.497 e. The smallest absolute Gasteiger partial charge is 0.262 e. The van der Waals surface area contributed by atoms with Crippen molar-refractivity contribution in [3.63, 3.8) is 0 Å². The molecule has 3 rings (SSSR count). The average Bonchev–Trinajstić information content (AvgIpc) is 3.07. The van der Waals surface area contributed by atoms with Crippen molar-refractivity contribution in [3.8, 4) is 11.5 Å². The zero-order chi connectivity index (χ0) is 23.5. The number of rotatable bonds is 10. The number of thioether (sulfide) groups is 1. The second kappa shape index (κ2) is 12.5. The molecule has 0 aliphatic carbocycles. The Labute approximate surface area is 199 Å². The van der Waals surface area contributed by atoms with E-state index in [9.17, 15) is 13.2 Å². The van der Waals surface area contributed by atoms with Crippen molar-refractivity contribution in [1.82, 2.24) is 4.72 Å². The Morgan fingerprint density at radius 3 is 2.67 bits per heavy atom. The van der Waals surface area contributed by atoms with E-state index in [4.69, 9.17) is 9.47 Å². The summed E-state index contributed by atoms with van der Waals surface area (Å²) in [6.07, 6.45) is 3.55. The standard InChI is InChI=1S/C23H29N3O5S2/c1-30-19-9-11-20(12-10-19)31-14-15-32-17-23(27)25-18-6-5-7-21(16-18)33(28,29)26-22-8-3-2-4-13-24-22/h5-7,9-12,16H,2-4,8,13-15,17H2,1H3,(H,24,26)(H,25,27). The third kappa shape index (κ3) is 8.29. The van der Waals surface area contributed by atoms with Gasteiger partial charge in [-0.2, -0.15) is 0 Å². The summed E-state index contributed by atoms with van der Waals surface area (Å²) < 4.78 is 38.8. The second-order valence-corrected chi connectivity index (χ2v) is 10.2. The van der Waals surface area contributed by atoms with Crippen molar-refractivity contribution in [2.24, 2.45) is 4.99 Å². The Bertz CT molecular complexity index is 1060. The summed E-state index contributed by atoms with van der Waals surface area (Å²) in [6.45, 7) is 1.10. The number of anilines is 1. The van der Waals surface area contributed by atoms with Gasteiger partial charge in [0, 0.05) is 24.4 Å². The summed E-state index contributed by atoms with van der Waals surface area (Å²) in [6, 6.07) is 13.5. The highest BCUT2D eigenvalue weighted by Gasteiger charge is 2.18. The lowest BCUT2D eigenvalue weighted by atomic mass is 10.2. The largest absolute Gasteiger partial charge is 0.497 e. The predicted molar refractivity (Wildman–Crippen MR) is 132 cm³/mol. The fourth-order valence-electron chi connectivity index (χ4n) is 3.16. The van der Waals surface area contributed by atoms with Crippen LogP contribution in [0.5, 0.6) is 11.5 Å². The Morgan fingerprint density at radius 1 is 1.09 bits per heavy atom. The van der Waals surface area contributed by atoms with Crippen LogP contribution in [0.2, 0.25) is 0 Å². The van der Waals surface area contributed by atoms with Crippen LogP contribution in [0, 0.1) is 0 Å². The Balaban J connectivity index is 1.44. The molecule has 0 saturated heterocycles. The van der Waals surface area contributed by atoms with E-state index in [0.29, 0.717) is 36.8 Å². The van der Waals surface area contributed by atoms with Crippen LogP contribution < -0.4 is 19.5 Å². The van der Waals surface area contributed by atoms with Crippen LogP contribution in [0.25, 0.3) is 0 Å². The topological polar surface area (TPSA) is 106 Å². The molecule has 0 unspecified atom stereocenters. The van der Waals surface area contributed by atoms with Crippen LogP contribution in [0.4, 0.5) is 5.69 Å². The molecular weight excluding hydrogens is 462 g/mol. The minimum atomic E-state index is -3.75. The van der Waals surface area contributed by atoms with Crippen LogP contribution in [-0.4, -0.2) is 51.9 Å². The first-order chi connectivity index (χ1) is 16.0. The number of nitrogens with one attached hydrogen (secondary N) is 2. The number of carbonyl (C=O) groups is 1. The molecule has 0 aromatic heterocycles. The lowest BCUT2D eigenvalue weighted by Gasteiger charge is -2.11. The lowest BCUT2D eigenvalue weighted by Crippen LogP contribution is -2.30. The summed E-state index contributed by atoms with van der Waals surface area (Å²) in [7, 11) is -2.14. The summed E-state index contributed by atoms with van der Waals surface area (Å²) in [4.78, 5) is 16.7. The number of benzene rings is 2. The molecule has 1 amide bonds. The van der Waals surface area contributed by atoms with Gasteiger partial charge in [0.1, 0.15) is 17.3 Å². The molecule has 1 aliphatic rings. The fraction of sp³-hybridized carbons (Fsp3) is 0.391. The number of ether oxygens (including phenoxy) is 2. The second-order valence-electron chi connectivity index (χ2n) is 7.40. The van der Waals surface area contributed by atoms with Gasteiger partial charge >= 0.3 is 0 Å². The van der Waals surface area contributed by atoms with E-state index in [1.54, 1.807) is 19.2 Å². The van der Waals surface area contributed by atoms with Crippen molar-refractivity contribution in [1.29, 1.82) is 0 Å². The maximum absolute atomic E-state index is 12.7. The van der Waals surface area contributed by atoms with Gasteiger partial charge in [0.15, 0.2) is 0 Å². The monoisotopic (exact) mass is 491 g/mol. The number of nitrogens with zero attached hydrogens (tertiary/aromatic N) is 1. The summed E-state index contributed by atoms with van der Waals surface area (Å²) in [5, 5.41) is 2.75. The quantitative estimate of drug-likeness (QED) is 0.491. The Hall–Kier alpha value is -2.72. The molecule has 0 saturated carbocycles. The van der Waals surface area contributed by atoms with E-state index in [1.165, 1.54) is 23.9 Å². The van der Waals surface area contributed by atoms with Crippen molar-refractivity contribution in [3.05, 3.63) is 48.5 Å². The minimum absolute atomic E-state index is 0.0905. The van der Waals surface area contributed by atoms with Crippen LogP contribution in [0.1, 0.15) is 25.7 Å². The van der Waals surface area contributed by atoms with Crippen LogP contribution >= 0.6 is 11.8 Å². The number of amides is 1. The first-order valence-corrected chi connectivity index (χ1v) is 13.4. The van der Waals surface area contributed by atoms with Gasteiger partial charge in [0.05, 0.1) is 24.4 Å². The molecular formula is C23H29N3O5S2. The van der Waals surface area contributed by atoms with Gasteiger partial charge in [-0.15, -0.1) is 11.8 Å². The van der Waals surface area contributed by atoms with Gasteiger partial charge in [-0.05, 0) is 55.3 Å². The van der Waals surface area contributed by atoms with Crippen LogP contribution in [0.15, 0.2) is 58.4 Å². The summed E-state index contributed by atoms with van der Waals surface area (Å²) >= 11 is 1.43. The number of amidine groups is 1. The highest BCUT2D eigenvalue weighted by Crippen LogP contribution is 2.18. The molecule has 1 heterocycles. The number of aliphatic imine (C=N–C) groups is 1. The maximum Gasteiger partial charge on any atom is 0.262 e. The van der Waals surface area contributed by atoms with E-state index < -0.39 is 10.0 Å². The van der Waals surface area contributed by atoms with Crippen LogP contribution in [0.3, 0.4) is 0 Å². The van der Waals surface area contributed by atoms with Crippen molar-refractivity contribution < 1.29 is 22.7 Å². The highest BCUT2D eigenvalue weighted by atomic mass is 32.2. The number of methoxy groups -OCH3 is 1. The molecule has 1 aliphatic heterocycles. The van der Waals surface area contributed by atoms with Crippen LogP contribution in [-0.2, 0) is 14.8 Å². The number of hydrogen-bond acceptors (Lipinski definition) is 7. The Kier molecular flexibility index (Phi) is 9.44. The average molecular weight is 492 g/mol. The Morgan fingerprint density at radius 2 is 1.88 bits per heavy atom. The zero-order valence-corrected chi connectivity index (χ0v) is 20.2. The molecule has 33 heavy (non-hydrogen) atoms. The first kappa shape index (κ1) is 24.9. The van der Waals surface area contributed by atoms with E-state index >= 15 is 0 Å². The zero-order valence-electron chi connectivity index (χ0n) is 18.6. The molecule has 2 aromatic carbocycles. The van der Waals surface area contributed by atoms with Gasteiger partial charge in [-0.3, -0.25) is 14.5 Å². The van der Waals surface area contributed by atoms with Gasteiger partial charge < -0.3 is 14.8 Å². The third-order valence-corrected chi connectivity index (χ3v) is 7.14. The van der Waals surface area contributed by atoms with E-state index in [0.717, 1.165) is 30.8 Å². The third-order valence-electron chi connectivity index (χ3n) is 4.84. The van der Waals surface area contributed by atoms with Crippen molar-refractivity contribution >= 4 is 39.2 Å². The number of sulfonamides is 1. The molecule has 2 aromatic rings. The molecule has 2 N–H and O–H groups in total. The van der Waals surface area contributed by atoms with Gasteiger partial charge in [-0.1, -0.05) is 12.5 Å². The summed E-state index contributed by atoms with van der Waals surface area (Å²) in [5.41, 5.74) is 0.431. The molecule has 178 valence electrons. The van der Waals surface area contributed by atoms with E-state index in [-0.39, 0.29) is 16.6 Å². The first-order valence-electron chi connectivity index (χ1n) is 10.8. The SMILES string of the molecule is COc1ccc(OCCSCC(=O)Nc2cccc(S(=O)(=O)NC3=NCCCCC3)c2)cc1. The van der Waals surface area contributed by atoms with E-state index in [2.05, 4.69) is 15.0 Å². The molecule has 0 bridgehead atoms. The number of carbonyl (C=O) groups excluding carboxylic acids is 1. The lowest BCUT2D eigenvalue weighted by molar-refractivity contribution is -0.113. The molecule has 0 radical (unpaired) electrons. The van der Waals surface area contributed by atoms with E-state index in [1.807, 2.05) is 24.3 Å². The summed E-state index contributed by atoms with van der Waals surface area (Å²) in [5.74, 6) is 2.66. The highest BCUT2D eigenvalue weighted by molar-refractivity contribution is 7.99. The molecule has 10 heteroatoms. The fourth-order valence-corrected chi connectivity index (χ4v) is 4.90. The van der Waals surface area contributed by atoms with Gasteiger partial charge in [0.25, 0.3) is 10.0 Å². The predicted octanol–water partition coefficient (Wildman–Crippen LogP) is 3.70. The number of hydrogen-bond donors (Lipinski definition) is 2. The normalized spacial score (nSPS) is 14.0. The van der Waals surface area contributed by atoms with Gasteiger partial charge in [-0.25, -0.2) is 8.42 Å². The molecule has 0 atom stereocenters. The van der Waals surface area contributed by atoms with Crippen molar-refractivity contribution in [2.75, 3.05) is 37.1 Å². The molecule has 0 fully saturated rings. The molecule has 0 spiro atoms.